The van der Waals surface area contributed by atoms with E-state index in [-0.39, 0.29) is 4.32 Å². The average Bonchev–Trinajstić information content (AvgIpc) is 3.01. The van der Waals surface area contributed by atoms with Gasteiger partial charge in [0.15, 0.2) is 15.8 Å². The van der Waals surface area contributed by atoms with Crippen LogP contribution in [-0.2, 0) is 4.79 Å². The second-order valence-corrected chi connectivity index (χ2v) is 7.71. The van der Waals surface area contributed by atoms with Gasteiger partial charge in [0.05, 0.1) is 25.7 Å². The van der Waals surface area contributed by atoms with Gasteiger partial charge in [-0.2, -0.15) is 5.01 Å². The number of amides is 2. The van der Waals surface area contributed by atoms with Crippen LogP contribution in [0.3, 0.4) is 0 Å². The summed E-state index contributed by atoms with van der Waals surface area (Å²) in [7, 11) is 3.11. The van der Waals surface area contributed by atoms with Crippen LogP contribution in [0, 0.1) is 0 Å². The van der Waals surface area contributed by atoms with Gasteiger partial charge in [-0.25, -0.2) is 0 Å². The lowest BCUT2D eigenvalue weighted by Gasteiger charge is -2.15. The number of thiocarbonyl (C=S) groups is 1. The number of hydrazine groups is 1. The van der Waals surface area contributed by atoms with Gasteiger partial charge in [-0.15, -0.1) is 0 Å². The molecule has 2 aromatic carbocycles. The number of thioether (sulfide) groups is 1. The summed E-state index contributed by atoms with van der Waals surface area (Å²) >= 11 is 6.38. The van der Waals surface area contributed by atoms with E-state index >= 15 is 0 Å². The van der Waals surface area contributed by atoms with E-state index in [0.717, 1.165) is 22.3 Å². The third-order valence-corrected chi connectivity index (χ3v) is 5.45. The molecular formula is C21H20N2O5S2. The Labute approximate surface area is 184 Å². The van der Waals surface area contributed by atoms with Crippen molar-refractivity contribution in [2.24, 2.45) is 0 Å². The number of methoxy groups -OCH3 is 2. The zero-order valence-corrected chi connectivity index (χ0v) is 18.3. The number of ether oxygens (including phenoxy) is 3. The SMILES string of the molecule is CCOc1cc(C=C2SC(=S)N(NC(=O)c3ccc(OC)cc3)C2=O)ccc1OC. The Morgan fingerprint density at radius 3 is 2.50 bits per heavy atom. The molecule has 0 aromatic heterocycles. The monoisotopic (exact) mass is 444 g/mol. The molecule has 0 radical (unpaired) electrons. The summed E-state index contributed by atoms with van der Waals surface area (Å²) in [6, 6.07) is 11.9. The normalized spacial score (nSPS) is 14.8. The van der Waals surface area contributed by atoms with Crippen molar-refractivity contribution in [2.75, 3.05) is 20.8 Å². The van der Waals surface area contributed by atoms with Crippen LogP contribution in [0.4, 0.5) is 0 Å². The maximum absolute atomic E-state index is 12.8. The summed E-state index contributed by atoms with van der Waals surface area (Å²) in [6.45, 7) is 2.36. The molecule has 1 heterocycles. The molecule has 7 nitrogen and oxygen atoms in total. The first kappa shape index (κ1) is 21.7. The van der Waals surface area contributed by atoms with E-state index in [0.29, 0.717) is 34.3 Å². The second-order valence-electron chi connectivity index (χ2n) is 6.03. The number of hydrogen-bond donors (Lipinski definition) is 1. The lowest BCUT2D eigenvalue weighted by atomic mass is 10.2. The predicted octanol–water partition coefficient (Wildman–Crippen LogP) is 3.65. The standard InChI is InChI=1S/C21H20N2O5S2/c1-4-28-17-11-13(5-10-16(17)27-3)12-18-20(25)23(21(29)30-18)22-19(24)14-6-8-15(26-2)9-7-14/h5-12H,4H2,1-3H3,(H,22,24). The number of carbonyl (C=O) groups is 2. The highest BCUT2D eigenvalue weighted by Gasteiger charge is 2.33. The molecule has 1 saturated heterocycles. The van der Waals surface area contributed by atoms with Gasteiger partial charge in [-0.3, -0.25) is 15.0 Å². The van der Waals surface area contributed by atoms with Crippen molar-refractivity contribution in [3.05, 3.63) is 58.5 Å². The van der Waals surface area contributed by atoms with Crippen molar-refractivity contribution in [1.29, 1.82) is 0 Å². The van der Waals surface area contributed by atoms with Crippen molar-refractivity contribution in [3.8, 4) is 17.2 Å². The zero-order valence-electron chi connectivity index (χ0n) is 16.6. The van der Waals surface area contributed by atoms with E-state index in [1.807, 2.05) is 13.0 Å². The van der Waals surface area contributed by atoms with Gasteiger partial charge in [0.25, 0.3) is 11.8 Å². The lowest BCUT2D eigenvalue weighted by molar-refractivity contribution is -0.123. The number of nitrogens with zero attached hydrogens (tertiary/aromatic N) is 1. The zero-order chi connectivity index (χ0) is 21.7. The number of benzene rings is 2. The number of rotatable bonds is 7. The summed E-state index contributed by atoms with van der Waals surface area (Å²) < 4.78 is 16.2. The highest BCUT2D eigenvalue weighted by molar-refractivity contribution is 8.26. The Morgan fingerprint density at radius 1 is 1.13 bits per heavy atom. The van der Waals surface area contributed by atoms with Crippen LogP contribution in [0.25, 0.3) is 6.08 Å². The first-order chi connectivity index (χ1) is 14.5. The second kappa shape index (κ2) is 9.64. The van der Waals surface area contributed by atoms with Crippen LogP contribution in [-0.4, -0.2) is 42.0 Å². The maximum Gasteiger partial charge on any atom is 0.285 e. The summed E-state index contributed by atoms with van der Waals surface area (Å²) in [5.74, 6) is 0.968. The minimum atomic E-state index is -0.446. The maximum atomic E-state index is 12.8. The quantitative estimate of drug-likeness (QED) is 0.516. The van der Waals surface area contributed by atoms with Crippen molar-refractivity contribution in [2.45, 2.75) is 6.92 Å². The average molecular weight is 445 g/mol. The summed E-state index contributed by atoms with van der Waals surface area (Å²) in [6.07, 6.45) is 1.70. The van der Waals surface area contributed by atoms with Crippen LogP contribution >= 0.6 is 24.0 Å². The first-order valence-electron chi connectivity index (χ1n) is 9.00. The molecule has 0 unspecified atom stereocenters. The van der Waals surface area contributed by atoms with E-state index in [4.69, 9.17) is 26.4 Å². The molecule has 1 aliphatic heterocycles. The van der Waals surface area contributed by atoms with Gasteiger partial charge in [0, 0.05) is 5.56 Å². The summed E-state index contributed by atoms with van der Waals surface area (Å²) in [5, 5.41) is 1.07. The fourth-order valence-electron chi connectivity index (χ4n) is 2.68. The summed E-state index contributed by atoms with van der Waals surface area (Å²) in [5.41, 5.74) is 3.69. The Hall–Kier alpha value is -3.04. The molecule has 1 fully saturated rings. The van der Waals surface area contributed by atoms with Crippen molar-refractivity contribution < 1.29 is 23.8 Å². The molecule has 0 aliphatic carbocycles. The molecule has 3 rings (SSSR count). The third-order valence-electron chi connectivity index (χ3n) is 4.14. The largest absolute Gasteiger partial charge is 0.497 e. The molecule has 2 aromatic rings. The van der Waals surface area contributed by atoms with Crippen LogP contribution in [0.1, 0.15) is 22.8 Å². The highest BCUT2D eigenvalue weighted by atomic mass is 32.2. The van der Waals surface area contributed by atoms with Gasteiger partial charge in [-0.1, -0.05) is 17.8 Å². The van der Waals surface area contributed by atoms with Crippen LogP contribution in [0.5, 0.6) is 17.2 Å². The minimum absolute atomic E-state index is 0.242. The molecule has 0 atom stereocenters. The smallest absolute Gasteiger partial charge is 0.285 e. The fourth-order valence-corrected chi connectivity index (χ4v) is 3.85. The van der Waals surface area contributed by atoms with E-state index in [9.17, 15) is 9.59 Å². The van der Waals surface area contributed by atoms with Crippen molar-refractivity contribution >= 4 is 46.2 Å². The number of carbonyl (C=O) groups excluding carboxylic acids is 2. The van der Waals surface area contributed by atoms with Gasteiger partial charge < -0.3 is 14.2 Å². The Morgan fingerprint density at radius 2 is 1.87 bits per heavy atom. The minimum Gasteiger partial charge on any atom is -0.497 e. The number of hydrogen-bond acceptors (Lipinski definition) is 7. The Bertz CT molecular complexity index is 1000. The molecule has 0 spiro atoms. The van der Waals surface area contributed by atoms with Gasteiger partial charge in [-0.05, 0) is 67.2 Å². The fraction of sp³-hybridized carbons (Fsp3) is 0.190. The molecule has 2 amide bonds. The summed E-state index contributed by atoms with van der Waals surface area (Å²) in [4.78, 5) is 25.7. The van der Waals surface area contributed by atoms with Crippen LogP contribution in [0.2, 0.25) is 0 Å². The van der Waals surface area contributed by atoms with E-state index in [2.05, 4.69) is 5.43 Å². The molecule has 9 heteroatoms. The highest BCUT2D eigenvalue weighted by Crippen LogP contribution is 2.34. The van der Waals surface area contributed by atoms with E-state index < -0.39 is 11.8 Å². The molecule has 0 bridgehead atoms. The Kier molecular flexibility index (Phi) is 6.96. The Balaban J connectivity index is 1.77. The van der Waals surface area contributed by atoms with Gasteiger partial charge in [0.1, 0.15) is 5.75 Å². The van der Waals surface area contributed by atoms with Crippen molar-refractivity contribution in [1.82, 2.24) is 10.4 Å². The molecule has 1 N–H and O–H groups in total. The van der Waals surface area contributed by atoms with Crippen molar-refractivity contribution in [3.63, 3.8) is 0 Å². The van der Waals surface area contributed by atoms with Gasteiger partial charge >= 0.3 is 0 Å². The lowest BCUT2D eigenvalue weighted by Crippen LogP contribution is -2.44. The van der Waals surface area contributed by atoms with Crippen LogP contribution in [0.15, 0.2) is 47.4 Å². The van der Waals surface area contributed by atoms with Gasteiger partial charge in [0.2, 0.25) is 0 Å². The molecule has 1 aliphatic rings. The third kappa shape index (κ3) is 4.74. The first-order valence-corrected chi connectivity index (χ1v) is 10.2. The van der Waals surface area contributed by atoms with Crippen LogP contribution < -0.4 is 19.6 Å². The van der Waals surface area contributed by atoms with E-state index in [1.165, 1.54) is 0 Å². The van der Waals surface area contributed by atoms with E-state index in [1.54, 1.807) is 56.7 Å². The molecular weight excluding hydrogens is 424 g/mol. The predicted molar refractivity (Wildman–Crippen MR) is 120 cm³/mol. The number of nitrogens with one attached hydrogen (secondary N) is 1. The molecule has 30 heavy (non-hydrogen) atoms. The molecule has 0 saturated carbocycles. The molecule has 156 valence electrons. The topological polar surface area (TPSA) is 77.1 Å².